The van der Waals surface area contributed by atoms with E-state index >= 15 is 0 Å². The van der Waals surface area contributed by atoms with E-state index in [1.165, 1.54) is 12.8 Å². The molecule has 1 amide bonds. The van der Waals surface area contributed by atoms with Crippen LogP contribution < -0.4 is 4.74 Å². The number of phenols is 1. The van der Waals surface area contributed by atoms with Crippen molar-refractivity contribution in [3.05, 3.63) is 59.2 Å². The largest absolute Gasteiger partial charge is 0.504 e. The van der Waals surface area contributed by atoms with Gasteiger partial charge in [0.05, 0.1) is 27.9 Å². The lowest BCUT2D eigenvalue weighted by atomic mass is 9.48. The summed E-state index contributed by atoms with van der Waals surface area (Å²) in [7, 11) is 1.82. The molecule has 8 heteroatoms. The molecular formula is C31H33N3O4S. The standard InChI is InChI=1S/C31H33N3O4S/c1-33(26(36)10-7-19-3-2-4-22(15-19)32-18-39)23-11-12-31(37)25-16-21-8-9-24(35)28-27(21)30(31,29(23)38-28)13-14-34(25)17-20-5-6-20/h2-4,7-10,15,20,23,25,29,35,37H,5-6,11-14,16-17H2,1H3/b10-7+/t23?,25-,29?,30+,31-/m1/s1. The van der Waals surface area contributed by atoms with Crippen molar-refractivity contribution >= 4 is 35.0 Å². The van der Waals surface area contributed by atoms with Crippen LogP contribution in [0.15, 0.2) is 47.5 Å². The molecule has 7 nitrogen and oxygen atoms in total. The SMILES string of the molecule is CN(C(=O)/C=C/c1cccc(N=C=S)c1)C1CC[C@@]2(O)[C@H]3Cc4ccc(O)c5c4[C@@]2(CCN3CC2CC2)C1O5. The van der Waals surface area contributed by atoms with E-state index in [0.717, 1.165) is 48.5 Å². The van der Waals surface area contributed by atoms with Gasteiger partial charge in [0.15, 0.2) is 11.5 Å². The third kappa shape index (κ3) is 3.66. The maximum atomic E-state index is 13.5. The van der Waals surface area contributed by atoms with Gasteiger partial charge in [-0.25, -0.2) is 0 Å². The third-order valence-corrected chi connectivity index (χ3v) is 10.1. The first-order valence-electron chi connectivity index (χ1n) is 14.0. The number of ether oxygens (including phenoxy) is 1. The second-order valence-electron chi connectivity index (χ2n) is 12.0. The number of carbonyl (C=O) groups excluding carboxylic acids is 1. The Labute approximate surface area is 233 Å². The third-order valence-electron chi connectivity index (χ3n) is 10.0. The predicted octanol–water partition coefficient (Wildman–Crippen LogP) is 4.23. The molecule has 2 saturated carbocycles. The number of likely N-dealkylation sites (N-methyl/N-ethyl adjacent to an activating group) is 1. The van der Waals surface area contributed by atoms with Crippen LogP contribution in [0.1, 0.15) is 48.8 Å². The van der Waals surface area contributed by atoms with E-state index < -0.39 is 17.1 Å². The first-order chi connectivity index (χ1) is 18.9. The number of phenolic OH excluding ortho intramolecular Hbond substituents is 1. The van der Waals surface area contributed by atoms with Gasteiger partial charge in [-0.15, -0.1) is 0 Å². The lowest BCUT2D eigenvalue weighted by Crippen LogP contribution is -2.78. The number of rotatable bonds is 6. The number of aliphatic hydroxyl groups is 1. The van der Waals surface area contributed by atoms with Gasteiger partial charge in [-0.1, -0.05) is 18.2 Å². The van der Waals surface area contributed by atoms with E-state index in [9.17, 15) is 15.0 Å². The predicted molar refractivity (Wildman–Crippen MR) is 152 cm³/mol. The monoisotopic (exact) mass is 543 g/mol. The Morgan fingerprint density at radius 2 is 2.13 bits per heavy atom. The zero-order chi connectivity index (χ0) is 26.9. The van der Waals surface area contributed by atoms with E-state index in [0.29, 0.717) is 24.3 Å². The highest BCUT2D eigenvalue weighted by molar-refractivity contribution is 7.78. The fourth-order valence-corrected chi connectivity index (χ4v) is 8.16. The van der Waals surface area contributed by atoms with Crippen molar-refractivity contribution in [2.24, 2.45) is 10.9 Å². The van der Waals surface area contributed by atoms with Crippen molar-refractivity contribution in [1.82, 2.24) is 9.80 Å². The van der Waals surface area contributed by atoms with Crippen LogP contribution in [-0.2, 0) is 16.6 Å². The summed E-state index contributed by atoms with van der Waals surface area (Å²) in [4.78, 5) is 21.8. The molecule has 2 unspecified atom stereocenters. The van der Waals surface area contributed by atoms with Gasteiger partial charge in [0.2, 0.25) is 5.91 Å². The lowest BCUT2D eigenvalue weighted by Gasteiger charge is -2.64. The number of nitrogens with zero attached hydrogens (tertiary/aromatic N) is 3. The Morgan fingerprint density at radius 1 is 1.28 bits per heavy atom. The molecule has 39 heavy (non-hydrogen) atoms. The van der Waals surface area contributed by atoms with Gasteiger partial charge in [-0.3, -0.25) is 9.69 Å². The molecule has 2 heterocycles. The van der Waals surface area contributed by atoms with Crippen LogP contribution in [0.2, 0.25) is 0 Å². The van der Waals surface area contributed by atoms with Crippen LogP contribution in [0, 0.1) is 5.92 Å². The molecule has 2 aliphatic heterocycles. The highest BCUT2D eigenvalue weighted by atomic mass is 32.1. The number of aromatic hydroxyl groups is 1. The van der Waals surface area contributed by atoms with Gasteiger partial charge < -0.3 is 19.8 Å². The van der Waals surface area contributed by atoms with E-state index in [-0.39, 0.29) is 23.7 Å². The summed E-state index contributed by atoms with van der Waals surface area (Å²) in [5.74, 6) is 1.23. The molecule has 2 N–H and O–H groups in total. The number of thiocarbonyl (C=S) groups is 1. The number of likely N-dealkylation sites (tertiary alicyclic amines) is 1. The molecule has 2 bridgehead atoms. The quantitative estimate of drug-likeness (QED) is 0.322. The summed E-state index contributed by atoms with van der Waals surface area (Å²) >= 11 is 4.70. The number of isothiocyanates is 1. The molecular weight excluding hydrogens is 510 g/mol. The van der Waals surface area contributed by atoms with Gasteiger partial charge in [0.25, 0.3) is 0 Å². The van der Waals surface area contributed by atoms with Crippen LogP contribution in [0.3, 0.4) is 0 Å². The summed E-state index contributed by atoms with van der Waals surface area (Å²) in [5.41, 5.74) is 2.06. The second-order valence-corrected chi connectivity index (χ2v) is 12.2. The highest BCUT2D eigenvalue weighted by Gasteiger charge is 2.73. The summed E-state index contributed by atoms with van der Waals surface area (Å²) in [6.07, 6.45) is 8.23. The smallest absolute Gasteiger partial charge is 0.246 e. The number of piperidine rings is 1. The number of benzene rings is 2. The number of hydrogen-bond acceptors (Lipinski definition) is 7. The molecule has 5 aliphatic rings. The molecule has 3 aliphatic carbocycles. The minimum absolute atomic E-state index is 0.0186. The molecule has 2 aromatic rings. The summed E-state index contributed by atoms with van der Waals surface area (Å²) in [6.45, 7) is 1.93. The Kier molecular flexibility index (Phi) is 5.76. The maximum absolute atomic E-state index is 13.5. The first-order valence-corrected chi connectivity index (χ1v) is 14.4. The molecule has 202 valence electrons. The molecule has 5 atom stereocenters. The van der Waals surface area contributed by atoms with Crippen LogP contribution in [0.25, 0.3) is 6.08 Å². The van der Waals surface area contributed by atoms with E-state index in [1.54, 1.807) is 23.1 Å². The molecule has 0 radical (unpaired) electrons. The Hall–Kier alpha value is -3.03. The van der Waals surface area contributed by atoms with Gasteiger partial charge in [-0.2, -0.15) is 4.99 Å². The van der Waals surface area contributed by atoms with E-state index in [1.807, 2.05) is 37.4 Å². The topological polar surface area (TPSA) is 85.6 Å². The number of carbonyl (C=O) groups is 1. The molecule has 1 saturated heterocycles. The molecule has 0 aromatic heterocycles. The maximum Gasteiger partial charge on any atom is 0.246 e. The zero-order valence-electron chi connectivity index (χ0n) is 22.0. The molecule has 3 fully saturated rings. The van der Waals surface area contributed by atoms with Crippen LogP contribution in [0.4, 0.5) is 5.69 Å². The van der Waals surface area contributed by atoms with Gasteiger partial charge in [0.1, 0.15) is 6.10 Å². The fraction of sp³-hybridized carbons (Fsp3) is 0.484. The fourth-order valence-electron chi connectivity index (χ4n) is 8.05. The summed E-state index contributed by atoms with van der Waals surface area (Å²) in [5, 5.41) is 25.8. The Bertz CT molecular complexity index is 1430. The van der Waals surface area contributed by atoms with Crippen molar-refractivity contribution in [2.45, 2.75) is 67.7 Å². The van der Waals surface area contributed by atoms with Gasteiger partial charge in [0, 0.05) is 31.3 Å². The summed E-state index contributed by atoms with van der Waals surface area (Å²) in [6, 6.07) is 11.0. The molecule has 7 rings (SSSR count). The first kappa shape index (κ1) is 25.0. The molecule has 1 spiro atoms. The zero-order valence-corrected chi connectivity index (χ0v) is 22.9. The lowest BCUT2D eigenvalue weighted by molar-refractivity contribution is -0.200. The van der Waals surface area contributed by atoms with Gasteiger partial charge >= 0.3 is 0 Å². The number of amides is 1. The highest BCUT2D eigenvalue weighted by Crippen LogP contribution is 2.66. The minimum atomic E-state index is -0.963. The summed E-state index contributed by atoms with van der Waals surface area (Å²) < 4.78 is 6.62. The van der Waals surface area contributed by atoms with Crippen molar-refractivity contribution < 1.29 is 19.7 Å². The Morgan fingerprint density at radius 3 is 2.92 bits per heavy atom. The normalized spacial score (nSPS) is 32.3. The van der Waals surface area contributed by atoms with Crippen molar-refractivity contribution in [1.29, 1.82) is 0 Å². The average Bonchev–Trinajstić information content (AvgIpc) is 3.67. The second kappa shape index (κ2) is 9.00. The van der Waals surface area contributed by atoms with Crippen molar-refractivity contribution in [3.63, 3.8) is 0 Å². The van der Waals surface area contributed by atoms with E-state index in [2.05, 4.69) is 15.1 Å². The van der Waals surface area contributed by atoms with Gasteiger partial charge in [-0.05, 0) is 98.6 Å². The Balaban J connectivity index is 1.22. The van der Waals surface area contributed by atoms with Crippen LogP contribution in [-0.4, -0.2) is 75.0 Å². The van der Waals surface area contributed by atoms with Crippen LogP contribution >= 0.6 is 12.2 Å². The van der Waals surface area contributed by atoms with Crippen LogP contribution in [0.5, 0.6) is 11.5 Å². The average molecular weight is 544 g/mol. The number of hydrogen-bond donors (Lipinski definition) is 2. The van der Waals surface area contributed by atoms with Crippen molar-refractivity contribution in [3.8, 4) is 11.5 Å². The van der Waals surface area contributed by atoms with E-state index in [4.69, 9.17) is 17.0 Å². The minimum Gasteiger partial charge on any atom is -0.504 e. The molecule has 2 aromatic carbocycles. The van der Waals surface area contributed by atoms with Crippen molar-refractivity contribution in [2.75, 3.05) is 20.1 Å². The number of aliphatic imine (C=N–C) groups is 1.